The molecule has 1 aromatic heterocycles. The van der Waals surface area contributed by atoms with Gasteiger partial charge in [0.25, 0.3) is 0 Å². The van der Waals surface area contributed by atoms with Gasteiger partial charge in [0, 0.05) is 10.9 Å². The highest BCUT2D eigenvalue weighted by atomic mass is 32.2. The summed E-state index contributed by atoms with van der Waals surface area (Å²) in [5.74, 6) is 0. The first-order valence-electron chi connectivity index (χ1n) is 5.66. The van der Waals surface area contributed by atoms with Gasteiger partial charge in [0.15, 0.2) is 5.17 Å². The number of amidine groups is 1. The van der Waals surface area contributed by atoms with Crippen LogP contribution >= 0.6 is 23.1 Å². The third-order valence-electron chi connectivity index (χ3n) is 2.75. The van der Waals surface area contributed by atoms with E-state index in [0.29, 0.717) is 5.25 Å². The Morgan fingerprint density at radius 2 is 2.41 bits per heavy atom. The summed E-state index contributed by atoms with van der Waals surface area (Å²) in [6, 6.07) is 6.24. The van der Waals surface area contributed by atoms with Gasteiger partial charge in [-0.05, 0) is 24.6 Å². The average Bonchev–Trinajstić information content (AvgIpc) is 2.96. The molecule has 2 aromatic rings. The Morgan fingerprint density at radius 1 is 1.47 bits per heavy atom. The Hall–Kier alpha value is -1.07. The van der Waals surface area contributed by atoms with Crippen LogP contribution in [0.1, 0.15) is 13.3 Å². The molecule has 88 valence electrons. The number of anilines is 1. The van der Waals surface area contributed by atoms with Crippen LogP contribution in [0.4, 0.5) is 5.69 Å². The minimum Gasteiger partial charge on any atom is -0.335 e. The highest BCUT2D eigenvalue weighted by Gasteiger charge is 2.17. The maximum atomic E-state index is 4.51. The number of rotatable bonds is 2. The fraction of sp³-hybridized carbons (Fsp3) is 0.333. The van der Waals surface area contributed by atoms with E-state index >= 15 is 0 Å². The number of aliphatic imine (C=N–C) groups is 1. The minimum atomic E-state index is 0.643. The van der Waals surface area contributed by atoms with Crippen LogP contribution in [-0.2, 0) is 0 Å². The molecule has 0 saturated heterocycles. The van der Waals surface area contributed by atoms with E-state index in [0.717, 1.165) is 22.9 Å². The smallest absolute Gasteiger partial charge is 0.161 e. The lowest BCUT2D eigenvalue weighted by Crippen LogP contribution is -2.06. The number of thioether (sulfide) groups is 1. The number of fused-ring (bicyclic) bond motifs is 1. The molecular weight excluding hydrogens is 250 g/mol. The van der Waals surface area contributed by atoms with Gasteiger partial charge in [-0.1, -0.05) is 18.7 Å². The second kappa shape index (κ2) is 4.66. The van der Waals surface area contributed by atoms with Gasteiger partial charge in [-0.2, -0.15) is 0 Å². The van der Waals surface area contributed by atoms with E-state index < -0.39 is 0 Å². The van der Waals surface area contributed by atoms with Crippen LogP contribution < -0.4 is 5.32 Å². The molecular formula is C12H13N3S2. The van der Waals surface area contributed by atoms with Crippen LogP contribution in [0.3, 0.4) is 0 Å². The predicted octanol–water partition coefficient (Wildman–Crippen LogP) is 3.59. The van der Waals surface area contributed by atoms with E-state index in [9.17, 15) is 0 Å². The standard InChI is InChI=1S/C12H13N3S2/c1-2-9-6-13-12(17-9)15-8-3-4-10-11(5-8)16-7-14-10/h3-5,7,9H,2,6H2,1H3,(H,13,15). The van der Waals surface area contributed by atoms with Crippen molar-refractivity contribution in [3.63, 3.8) is 0 Å². The molecule has 3 nitrogen and oxygen atoms in total. The van der Waals surface area contributed by atoms with Gasteiger partial charge in [-0.25, -0.2) is 4.98 Å². The molecule has 1 N–H and O–H groups in total. The van der Waals surface area contributed by atoms with Crippen LogP contribution in [0.15, 0.2) is 28.7 Å². The van der Waals surface area contributed by atoms with Crippen molar-refractivity contribution < 1.29 is 0 Å². The lowest BCUT2D eigenvalue weighted by molar-refractivity contribution is 0.844. The first kappa shape index (κ1) is 11.0. The Morgan fingerprint density at radius 3 is 3.24 bits per heavy atom. The molecule has 3 rings (SSSR count). The molecule has 17 heavy (non-hydrogen) atoms. The number of nitrogens with zero attached hydrogens (tertiary/aromatic N) is 2. The van der Waals surface area contributed by atoms with Crippen molar-refractivity contribution in [2.45, 2.75) is 18.6 Å². The third-order valence-corrected chi connectivity index (χ3v) is 4.82. The number of thiazole rings is 1. The van der Waals surface area contributed by atoms with Crippen molar-refractivity contribution in [1.29, 1.82) is 0 Å². The zero-order chi connectivity index (χ0) is 11.7. The van der Waals surface area contributed by atoms with Crippen molar-refractivity contribution in [2.24, 2.45) is 4.99 Å². The maximum Gasteiger partial charge on any atom is 0.161 e. The van der Waals surface area contributed by atoms with E-state index in [1.807, 2.05) is 23.3 Å². The van der Waals surface area contributed by atoms with Crippen molar-refractivity contribution >= 4 is 44.2 Å². The molecule has 0 aliphatic carbocycles. The number of benzene rings is 1. The van der Waals surface area contributed by atoms with E-state index in [-0.39, 0.29) is 0 Å². The molecule has 5 heteroatoms. The fourth-order valence-electron chi connectivity index (χ4n) is 1.75. The summed E-state index contributed by atoms with van der Waals surface area (Å²) in [5, 5.41) is 5.06. The van der Waals surface area contributed by atoms with Gasteiger partial charge in [0.1, 0.15) is 0 Å². The van der Waals surface area contributed by atoms with Gasteiger partial charge in [-0.15, -0.1) is 11.3 Å². The lowest BCUT2D eigenvalue weighted by Gasteiger charge is -2.06. The Labute approximate surface area is 108 Å². The molecule has 0 fully saturated rings. The Bertz CT molecular complexity index is 562. The molecule has 0 spiro atoms. The summed E-state index contributed by atoms with van der Waals surface area (Å²) < 4.78 is 1.21. The molecule has 0 bridgehead atoms. The predicted molar refractivity (Wildman–Crippen MR) is 77.2 cm³/mol. The highest BCUT2D eigenvalue weighted by molar-refractivity contribution is 8.15. The zero-order valence-electron chi connectivity index (χ0n) is 9.51. The topological polar surface area (TPSA) is 37.3 Å². The monoisotopic (exact) mass is 263 g/mol. The van der Waals surface area contributed by atoms with Crippen LogP contribution in [0.2, 0.25) is 0 Å². The molecule has 1 aliphatic heterocycles. The third kappa shape index (κ3) is 2.30. The van der Waals surface area contributed by atoms with Crippen LogP contribution in [-0.4, -0.2) is 21.9 Å². The number of aromatic nitrogens is 1. The van der Waals surface area contributed by atoms with Crippen molar-refractivity contribution in [3.8, 4) is 0 Å². The quantitative estimate of drug-likeness (QED) is 0.899. The maximum absolute atomic E-state index is 4.51. The molecule has 0 amide bonds. The van der Waals surface area contributed by atoms with E-state index in [4.69, 9.17) is 0 Å². The summed E-state index contributed by atoms with van der Waals surface area (Å²) in [5.41, 5.74) is 4.04. The SMILES string of the molecule is CCC1CN=C(Nc2ccc3ncsc3c2)S1. The average molecular weight is 263 g/mol. The fourth-order valence-corrected chi connectivity index (χ4v) is 3.43. The molecule has 0 saturated carbocycles. The zero-order valence-corrected chi connectivity index (χ0v) is 11.1. The van der Waals surface area contributed by atoms with Crippen molar-refractivity contribution in [3.05, 3.63) is 23.7 Å². The number of nitrogens with one attached hydrogen (secondary N) is 1. The minimum absolute atomic E-state index is 0.643. The van der Waals surface area contributed by atoms with Crippen molar-refractivity contribution in [2.75, 3.05) is 11.9 Å². The second-order valence-electron chi connectivity index (χ2n) is 3.95. The highest BCUT2D eigenvalue weighted by Crippen LogP contribution is 2.26. The summed E-state index contributed by atoms with van der Waals surface area (Å²) in [4.78, 5) is 8.78. The van der Waals surface area contributed by atoms with Gasteiger partial charge >= 0.3 is 0 Å². The molecule has 2 heterocycles. The van der Waals surface area contributed by atoms with Gasteiger partial charge in [-0.3, -0.25) is 4.99 Å². The van der Waals surface area contributed by atoms with E-state index in [1.54, 1.807) is 11.3 Å². The first-order valence-corrected chi connectivity index (χ1v) is 7.42. The van der Waals surface area contributed by atoms with Crippen LogP contribution in [0.25, 0.3) is 10.2 Å². The largest absolute Gasteiger partial charge is 0.335 e. The first-order chi connectivity index (χ1) is 8.35. The number of hydrogen-bond donors (Lipinski definition) is 1. The Kier molecular flexibility index (Phi) is 3.03. The molecule has 1 aromatic carbocycles. The van der Waals surface area contributed by atoms with E-state index in [2.05, 4.69) is 34.3 Å². The van der Waals surface area contributed by atoms with Gasteiger partial charge in [0.05, 0.1) is 22.3 Å². The molecule has 0 radical (unpaired) electrons. The summed E-state index contributed by atoms with van der Waals surface area (Å²) >= 11 is 3.51. The molecule has 1 aliphatic rings. The van der Waals surface area contributed by atoms with Crippen molar-refractivity contribution in [1.82, 2.24) is 4.98 Å². The van der Waals surface area contributed by atoms with Gasteiger partial charge < -0.3 is 5.32 Å². The summed E-state index contributed by atoms with van der Waals surface area (Å²) in [6.07, 6.45) is 1.17. The summed E-state index contributed by atoms with van der Waals surface area (Å²) in [6.45, 7) is 3.14. The lowest BCUT2D eigenvalue weighted by atomic mass is 10.3. The number of hydrogen-bond acceptors (Lipinski definition) is 5. The molecule has 1 atom stereocenters. The van der Waals surface area contributed by atoms with Crippen LogP contribution in [0.5, 0.6) is 0 Å². The van der Waals surface area contributed by atoms with Gasteiger partial charge in [0.2, 0.25) is 0 Å². The Balaban J connectivity index is 1.76. The summed E-state index contributed by atoms with van der Waals surface area (Å²) in [7, 11) is 0. The normalized spacial score (nSPS) is 19.6. The van der Waals surface area contributed by atoms with E-state index in [1.165, 1.54) is 11.1 Å². The van der Waals surface area contributed by atoms with Crippen LogP contribution in [0, 0.1) is 0 Å². The molecule has 1 unspecified atom stereocenters. The second-order valence-corrected chi connectivity index (χ2v) is 6.13.